The fourth-order valence-corrected chi connectivity index (χ4v) is 4.86. The van der Waals surface area contributed by atoms with Crippen molar-refractivity contribution < 1.29 is 32.2 Å². The number of methoxy groups -OCH3 is 1. The van der Waals surface area contributed by atoms with Crippen LogP contribution in [0.3, 0.4) is 0 Å². The molecule has 0 bridgehead atoms. The van der Waals surface area contributed by atoms with Gasteiger partial charge < -0.3 is 29.3 Å². The van der Waals surface area contributed by atoms with Crippen LogP contribution in [0.1, 0.15) is 12.0 Å². The second-order valence-electron chi connectivity index (χ2n) is 9.35. The zero-order chi connectivity index (χ0) is 26.7. The molecule has 2 aliphatic heterocycles. The molecular weight excluding hydrogens is 501 g/mol. The highest BCUT2D eigenvalue weighted by Gasteiger charge is 2.31. The Balaban J connectivity index is 1.25. The molecular formula is C27H29F3N4O4. The van der Waals surface area contributed by atoms with Crippen molar-refractivity contribution in [2.24, 2.45) is 0 Å². The van der Waals surface area contributed by atoms with Crippen LogP contribution in [0.5, 0.6) is 11.5 Å². The van der Waals surface area contributed by atoms with Crippen molar-refractivity contribution in [2.75, 3.05) is 56.7 Å². The summed E-state index contributed by atoms with van der Waals surface area (Å²) in [4.78, 5) is 21.7. The summed E-state index contributed by atoms with van der Waals surface area (Å²) in [5.74, 6) is 1.12. The number of hydrogen-bond donors (Lipinski definition) is 1. The van der Waals surface area contributed by atoms with Gasteiger partial charge in [0.25, 0.3) is 0 Å². The molecule has 11 heteroatoms. The van der Waals surface area contributed by atoms with Gasteiger partial charge in [-0.05, 0) is 42.3 Å². The lowest BCUT2D eigenvalue weighted by molar-refractivity contribution is -0.274. The molecule has 0 spiro atoms. The maximum atomic E-state index is 12.9. The smallest absolute Gasteiger partial charge is 0.497 e. The summed E-state index contributed by atoms with van der Waals surface area (Å²) in [5.41, 5.74) is 2.53. The number of ether oxygens (including phenoxy) is 3. The molecule has 3 heterocycles. The molecule has 3 aromatic rings. The molecule has 0 aliphatic carbocycles. The maximum Gasteiger partial charge on any atom is 0.573 e. The van der Waals surface area contributed by atoms with Gasteiger partial charge in [0.1, 0.15) is 17.3 Å². The van der Waals surface area contributed by atoms with Crippen molar-refractivity contribution in [2.45, 2.75) is 25.2 Å². The third kappa shape index (κ3) is 6.21. The minimum atomic E-state index is -4.75. The summed E-state index contributed by atoms with van der Waals surface area (Å²) < 4.78 is 52.0. The fourth-order valence-electron chi connectivity index (χ4n) is 4.86. The first-order valence-corrected chi connectivity index (χ1v) is 12.5. The van der Waals surface area contributed by atoms with Gasteiger partial charge >= 0.3 is 6.36 Å². The predicted molar refractivity (Wildman–Crippen MR) is 137 cm³/mol. The lowest BCUT2D eigenvalue weighted by atomic mass is 10.1. The highest BCUT2D eigenvalue weighted by molar-refractivity contribution is 5.94. The van der Waals surface area contributed by atoms with Crippen molar-refractivity contribution in [3.63, 3.8) is 0 Å². The monoisotopic (exact) mass is 530 g/mol. The van der Waals surface area contributed by atoms with Gasteiger partial charge in [0.15, 0.2) is 0 Å². The number of hydrogen-bond acceptors (Lipinski definition) is 7. The van der Waals surface area contributed by atoms with Gasteiger partial charge in [-0.2, -0.15) is 0 Å². The molecule has 1 atom stereocenters. The second-order valence-corrected chi connectivity index (χ2v) is 9.35. The Morgan fingerprint density at radius 1 is 1.08 bits per heavy atom. The molecule has 0 radical (unpaired) electrons. The van der Waals surface area contributed by atoms with E-state index in [0.717, 1.165) is 47.7 Å². The number of pyridine rings is 1. The minimum absolute atomic E-state index is 0.0299. The van der Waals surface area contributed by atoms with Crippen molar-refractivity contribution in [3.8, 4) is 11.5 Å². The van der Waals surface area contributed by atoms with Gasteiger partial charge in [0, 0.05) is 43.7 Å². The van der Waals surface area contributed by atoms with Gasteiger partial charge in [-0.3, -0.25) is 4.79 Å². The highest BCUT2D eigenvalue weighted by Crippen LogP contribution is 2.33. The topological polar surface area (TPSA) is 76.2 Å². The number of anilines is 2. The van der Waals surface area contributed by atoms with Crippen molar-refractivity contribution >= 4 is 28.3 Å². The van der Waals surface area contributed by atoms with Crippen LogP contribution in [0.15, 0.2) is 48.5 Å². The number of aromatic nitrogens is 1. The van der Waals surface area contributed by atoms with Crippen LogP contribution in [0.2, 0.25) is 0 Å². The number of carbonyl (C=O) groups is 1. The number of alkyl halides is 3. The molecule has 2 saturated heterocycles. The highest BCUT2D eigenvalue weighted by atomic mass is 19.4. The number of nitrogens with zero attached hydrogens (tertiary/aromatic N) is 3. The Bertz CT molecular complexity index is 1280. The Kier molecular flexibility index (Phi) is 7.46. The first-order valence-electron chi connectivity index (χ1n) is 12.5. The van der Waals surface area contributed by atoms with Crippen molar-refractivity contribution in [1.29, 1.82) is 0 Å². The summed E-state index contributed by atoms with van der Waals surface area (Å²) in [6, 6.07) is 13.3. The largest absolute Gasteiger partial charge is 0.573 e. The van der Waals surface area contributed by atoms with Crippen LogP contribution in [0.4, 0.5) is 24.7 Å². The molecule has 2 aliphatic rings. The predicted octanol–water partition coefficient (Wildman–Crippen LogP) is 4.23. The lowest BCUT2D eigenvalue weighted by Gasteiger charge is -2.30. The van der Waals surface area contributed by atoms with E-state index in [-0.39, 0.29) is 24.1 Å². The average molecular weight is 531 g/mol. The molecule has 5 rings (SSSR count). The van der Waals surface area contributed by atoms with Gasteiger partial charge in [0.05, 0.1) is 37.9 Å². The standard InChI is InChI=1S/C27H29F3N4O4/c1-36-21-6-7-23-22(15-21)24(33-10-12-37-13-11-33)16-25(32-23)31-19-8-9-34(17-19)26(35)14-18-2-4-20(5-3-18)38-27(28,29)30/h2-7,15-16,19H,8-14,17H2,1H3,(H,31,32). The Labute approximate surface area is 218 Å². The summed E-state index contributed by atoms with van der Waals surface area (Å²) in [5, 5.41) is 4.51. The fraction of sp³-hybridized carbons (Fsp3) is 0.407. The number of morpholine rings is 1. The normalized spacial score (nSPS) is 18.1. The van der Waals surface area contributed by atoms with Gasteiger partial charge in [-0.15, -0.1) is 13.2 Å². The van der Waals surface area contributed by atoms with Crippen LogP contribution in [0, 0.1) is 0 Å². The first kappa shape index (κ1) is 25.9. The Hall–Kier alpha value is -3.73. The van der Waals surface area contributed by atoms with Gasteiger partial charge in [0.2, 0.25) is 5.91 Å². The summed E-state index contributed by atoms with van der Waals surface area (Å²) >= 11 is 0. The average Bonchev–Trinajstić information content (AvgIpc) is 3.37. The van der Waals surface area contributed by atoms with E-state index < -0.39 is 6.36 Å². The van der Waals surface area contributed by atoms with Crippen LogP contribution >= 0.6 is 0 Å². The van der Waals surface area contributed by atoms with E-state index in [1.807, 2.05) is 24.3 Å². The van der Waals surface area contributed by atoms with Crippen molar-refractivity contribution in [3.05, 3.63) is 54.1 Å². The van der Waals surface area contributed by atoms with E-state index >= 15 is 0 Å². The van der Waals surface area contributed by atoms with Gasteiger partial charge in [-0.1, -0.05) is 12.1 Å². The van der Waals surface area contributed by atoms with Crippen LogP contribution in [-0.4, -0.2) is 74.7 Å². The molecule has 1 unspecified atom stereocenters. The third-order valence-electron chi connectivity index (χ3n) is 6.75. The molecule has 1 N–H and O–H groups in total. The summed E-state index contributed by atoms with van der Waals surface area (Å²) in [7, 11) is 1.64. The zero-order valence-electron chi connectivity index (χ0n) is 21.0. The van der Waals surface area contributed by atoms with Crippen LogP contribution in [0.25, 0.3) is 10.9 Å². The molecule has 8 nitrogen and oxygen atoms in total. The molecule has 1 amide bonds. The molecule has 202 valence electrons. The number of amides is 1. The number of likely N-dealkylation sites (tertiary alicyclic amines) is 1. The number of nitrogens with one attached hydrogen (secondary N) is 1. The summed E-state index contributed by atoms with van der Waals surface area (Å²) in [6.45, 7) is 3.99. The van der Waals surface area contributed by atoms with E-state index in [9.17, 15) is 18.0 Å². The number of halogens is 3. The number of fused-ring (bicyclic) bond motifs is 1. The van der Waals surface area contributed by atoms with Crippen LogP contribution < -0.4 is 19.7 Å². The van der Waals surface area contributed by atoms with Gasteiger partial charge in [-0.25, -0.2) is 4.98 Å². The number of rotatable bonds is 7. The second kappa shape index (κ2) is 10.9. The zero-order valence-corrected chi connectivity index (χ0v) is 21.0. The SMILES string of the molecule is COc1ccc2nc(NC3CCN(C(=O)Cc4ccc(OC(F)(F)F)cc4)C3)cc(N3CCOCC3)c2c1. The molecule has 1 aromatic heterocycles. The molecule has 2 fully saturated rings. The Morgan fingerprint density at radius 3 is 2.53 bits per heavy atom. The van der Waals surface area contributed by atoms with E-state index in [1.165, 1.54) is 24.3 Å². The quantitative estimate of drug-likeness (QED) is 0.490. The lowest BCUT2D eigenvalue weighted by Crippen LogP contribution is -2.36. The Morgan fingerprint density at radius 2 is 1.82 bits per heavy atom. The molecule has 0 saturated carbocycles. The number of carbonyl (C=O) groups excluding carboxylic acids is 1. The van der Waals surface area contributed by atoms with E-state index in [4.69, 9.17) is 14.5 Å². The minimum Gasteiger partial charge on any atom is -0.497 e. The maximum absolute atomic E-state index is 12.9. The first-order chi connectivity index (χ1) is 18.3. The van der Waals surface area contributed by atoms with E-state index in [2.05, 4.69) is 15.0 Å². The van der Waals surface area contributed by atoms with Crippen molar-refractivity contribution in [1.82, 2.24) is 9.88 Å². The third-order valence-corrected chi connectivity index (χ3v) is 6.75. The number of benzene rings is 2. The molecule has 2 aromatic carbocycles. The molecule has 38 heavy (non-hydrogen) atoms. The van der Waals surface area contributed by atoms with E-state index in [1.54, 1.807) is 12.0 Å². The van der Waals surface area contributed by atoms with E-state index in [0.29, 0.717) is 31.9 Å². The van der Waals surface area contributed by atoms with Crippen LogP contribution in [-0.2, 0) is 16.0 Å². The summed E-state index contributed by atoms with van der Waals surface area (Å²) in [6.07, 6.45) is -3.87.